The number of aliphatic hydroxyl groups is 1. The Morgan fingerprint density at radius 3 is 2.49 bits per heavy atom. The van der Waals surface area contributed by atoms with Crippen LogP contribution in [0.4, 0.5) is 0 Å². The van der Waals surface area contributed by atoms with E-state index < -0.39 is 48.3 Å². The maximum atomic E-state index is 13.4. The minimum atomic E-state index is -1.25. The van der Waals surface area contributed by atoms with Crippen LogP contribution in [0.2, 0.25) is 0 Å². The molecule has 0 saturated heterocycles. The molecule has 4 atom stereocenters. The molecule has 1 aliphatic heterocycles. The molecule has 0 spiro atoms. The molecule has 0 radical (unpaired) electrons. The maximum absolute atomic E-state index is 13.4. The van der Waals surface area contributed by atoms with Crippen LogP contribution in [0.3, 0.4) is 0 Å². The number of aliphatic hydroxyl groups excluding tert-OH is 1. The number of allylic oxidation sites excluding steroid dienone is 1. The average Bonchev–Trinajstić information content (AvgIpc) is 3.35. The second kappa shape index (κ2) is 17.7. The van der Waals surface area contributed by atoms with E-state index in [0.29, 0.717) is 37.9 Å². The molecule has 1 aliphatic carbocycles. The predicted molar refractivity (Wildman–Crippen MR) is 168 cm³/mol. The topological polar surface area (TPSA) is 205 Å². The van der Waals surface area contributed by atoms with Gasteiger partial charge in [-0.05, 0) is 56.1 Å². The first-order chi connectivity index (χ1) is 21.5. The fourth-order valence-corrected chi connectivity index (χ4v) is 7.02. The number of aliphatic carboxylic acids is 2. The van der Waals surface area contributed by atoms with Crippen molar-refractivity contribution in [1.29, 1.82) is 0 Å². The third kappa shape index (κ3) is 10.4. The minimum absolute atomic E-state index is 0.00337. The number of amides is 2. The molecule has 2 aliphatic rings. The van der Waals surface area contributed by atoms with Crippen LogP contribution in [0.25, 0.3) is 0 Å². The van der Waals surface area contributed by atoms with Gasteiger partial charge in [-0.1, -0.05) is 54.8 Å². The van der Waals surface area contributed by atoms with Gasteiger partial charge in [0.1, 0.15) is 30.3 Å². The number of esters is 1. The number of ether oxygens (including phenoxy) is 1. The number of carbonyl (C=O) groups is 5. The van der Waals surface area contributed by atoms with Crippen LogP contribution in [0.5, 0.6) is 0 Å². The Morgan fingerprint density at radius 1 is 1.11 bits per heavy atom. The Labute approximate surface area is 266 Å². The Morgan fingerprint density at radius 2 is 1.84 bits per heavy atom. The van der Waals surface area contributed by atoms with Gasteiger partial charge >= 0.3 is 17.9 Å². The van der Waals surface area contributed by atoms with E-state index >= 15 is 0 Å². The van der Waals surface area contributed by atoms with Gasteiger partial charge in [0.2, 0.25) is 11.8 Å². The second-order valence-electron chi connectivity index (χ2n) is 11.2. The summed E-state index contributed by atoms with van der Waals surface area (Å²) >= 11 is 1.33. The van der Waals surface area contributed by atoms with Crippen molar-refractivity contribution in [3.8, 4) is 0 Å². The van der Waals surface area contributed by atoms with Crippen molar-refractivity contribution < 1.29 is 44.0 Å². The average molecular weight is 646 g/mol. The number of carboxylic acids is 2. The maximum Gasteiger partial charge on any atom is 0.322 e. The van der Waals surface area contributed by atoms with E-state index in [-0.39, 0.29) is 36.4 Å². The molecule has 1 heterocycles. The number of cyclic esters (lactones) is 1. The summed E-state index contributed by atoms with van der Waals surface area (Å²) in [6.07, 6.45) is 4.21. The van der Waals surface area contributed by atoms with Crippen molar-refractivity contribution in [2.24, 2.45) is 11.7 Å². The van der Waals surface area contributed by atoms with Crippen LogP contribution < -0.4 is 16.4 Å². The molecule has 2 amide bonds. The van der Waals surface area contributed by atoms with E-state index in [1.54, 1.807) is 0 Å². The monoisotopic (exact) mass is 645 g/mol. The van der Waals surface area contributed by atoms with Crippen LogP contribution in [-0.2, 0) is 35.1 Å². The molecule has 246 valence electrons. The molecule has 45 heavy (non-hydrogen) atoms. The van der Waals surface area contributed by atoms with Gasteiger partial charge in [-0.2, -0.15) is 0 Å². The highest BCUT2D eigenvalue weighted by molar-refractivity contribution is 8.00. The first-order valence-electron chi connectivity index (χ1n) is 15.2. The van der Waals surface area contributed by atoms with E-state index in [1.807, 2.05) is 25.1 Å². The van der Waals surface area contributed by atoms with Crippen molar-refractivity contribution in [2.45, 2.75) is 82.0 Å². The summed E-state index contributed by atoms with van der Waals surface area (Å²) in [4.78, 5) is 61.0. The third-order valence-corrected chi connectivity index (χ3v) is 9.22. The number of rotatable bonds is 19. The van der Waals surface area contributed by atoms with Gasteiger partial charge in [-0.15, -0.1) is 11.8 Å². The number of nitrogens with one attached hydrogen (secondary N) is 2. The van der Waals surface area contributed by atoms with E-state index in [1.165, 1.54) is 17.3 Å². The zero-order valence-corrected chi connectivity index (χ0v) is 26.3. The highest BCUT2D eigenvalue weighted by atomic mass is 32.2. The molecule has 3 rings (SSSR count). The standard InChI is InChI=1S/C32H43N3O9S/c1-2-7-25(45-18-24(30(40)34-17-27(38)39)35-26(37)14-13-23(33)31(41)42)29-22-12-11-20(16-19-8-4-3-5-9-19)21(10-6-15-36)28(22)32(43)44-29/h3-5,8-9,23-25,28,36H,2,6-7,10-18,33H2,1H3,(H,34,40)(H,35,37)(H,38,39)(H,41,42). The SMILES string of the molecule is CCCC(SCC(NC(=O)CCC(N)C(=O)O)C(=O)NCC(=O)O)C1=C2CCC(Cc3ccccc3)=C(CCCO)C2C(=O)O1. The van der Waals surface area contributed by atoms with Crippen LogP contribution in [-0.4, -0.2) is 81.3 Å². The van der Waals surface area contributed by atoms with Crippen LogP contribution >= 0.6 is 11.8 Å². The molecule has 12 nitrogen and oxygen atoms in total. The van der Waals surface area contributed by atoms with E-state index in [2.05, 4.69) is 22.8 Å². The lowest BCUT2D eigenvalue weighted by Crippen LogP contribution is -2.49. The highest BCUT2D eigenvalue weighted by Crippen LogP contribution is 2.47. The Balaban J connectivity index is 1.83. The Bertz CT molecular complexity index is 1300. The zero-order chi connectivity index (χ0) is 32.9. The molecule has 0 aromatic heterocycles. The fourth-order valence-electron chi connectivity index (χ4n) is 5.61. The summed E-state index contributed by atoms with van der Waals surface area (Å²) in [6.45, 7) is 1.35. The molecule has 0 fully saturated rings. The number of carbonyl (C=O) groups excluding carboxylic acids is 3. The van der Waals surface area contributed by atoms with Crippen LogP contribution in [0.15, 0.2) is 52.8 Å². The predicted octanol–water partition coefficient (Wildman–Crippen LogP) is 2.30. The molecule has 7 N–H and O–H groups in total. The summed E-state index contributed by atoms with van der Waals surface area (Å²) in [5, 5.41) is 32.2. The highest BCUT2D eigenvalue weighted by Gasteiger charge is 2.43. The number of thioether (sulfide) groups is 1. The number of hydrogen-bond donors (Lipinski definition) is 6. The third-order valence-electron chi connectivity index (χ3n) is 7.85. The van der Waals surface area contributed by atoms with Gasteiger partial charge < -0.3 is 36.4 Å². The molecule has 0 bridgehead atoms. The van der Waals surface area contributed by atoms with Crippen molar-refractivity contribution in [2.75, 3.05) is 18.9 Å². The van der Waals surface area contributed by atoms with Crippen molar-refractivity contribution >= 4 is 41.5 Å². The minimum Gasteiger partial charge on any atom is -0.480 e. The molecular formula is C32H43N3O9S. The van der Waals surface area contributed by atoms with Gasteiger partial charge in [-0.25, -0.2) is 0 Å². The molecular weight excluding hydrogens is 602 g/mol. The summed E-state index contributed by atoms with van der Waals surface area (Å²) in [7, 11) is 0. The Hall–Kier alpha value is -3.68. The molecule has 0 saturated carbocycles. The van der Waals surface area contributed by atoms with Gasteiger partial charge in [-0.3, -0.25) is 24.0 Å². The van der Waals surface area contributed by atoms with Gasteiger partial charge in [0.05, 0.1) is 5.25 Å². The lowest BCUT2D eigenvalue weighted by molar-refractivity contribution is -0.140. The lowest BCUT2D eigenvalue weighted by atomic mass is 9.76. The zero-order valence-electron chi connectivity index (χ0n) is 25.5. The largest absolute Gasteiger partial charge is 0.480 e. The number of nitrogens with two attached hydrogens (primary N) is 1. The molecule has 4 unspecified atom stereocenters. The van der Waals surface area contributed by atoms with E-state index in [9.17, 15) is 29.1 Å². The van der Waals surface area contributed by atoms with Gasteiger partial charge in [0.25, 0.3) is 0 Å². The number of fused-ring (bicyclic) bond motifs is 1. The summed E-state index contributed by atoms with van der Waals surface area (Å²) in [5.74, 6) is -4.04. The van der Waals surface area contributed by atoms with E-state index in [4.69, 9.17) is 20.7 Å². The normalized spacial score (nSPS) is 18.1. The van der Waals surface area contributed by atoms with Crippen molar-refractivity contribution in [3.63, 3.8) is 0 Å². The number of benzene rings is 1. The van der Waals surface area contributed by atoms with Gasteiger partial charge in [0, 0.05) is 18.8 Å². The molecule has 1 aromatic carbocycles. The number of hydrogen-bond acceptors (Lipinski definition) is 9. The van der Waals surface area contributed by atoms with Crippen molar-refractivity contribution in [1.82, 2.24) is 10.6 Å². The summed E-state index contributed by atoms with van der Waals surface area (Å²) in [5.41, 5.74) is 9.73. The quantitative estimate of drug-likeness (QED) is 0.0951. The first kappa shape index (κ1) is 35.8. The Kier molecular flexibility index (Phi) is 14.1. The molecule has 1 aromatic rings. The van der Waals surface area contributed by atoms with Crippen molar-refractivity contribution in [3.05, 3.63) is 58.4 Å². The van der Waals surface area contributed by atoms with E-state index in [0.717, 1.165) is 29.6 Å². The fraction of sp³-hybridized carbons (Fsp3) is 0.531. The number of carboxylic acid groups (broad SMARTS) is 2. The van der Waals surface area contributed by atoms with Crippen LogP contribution in [0, 0.1) is 5.92 Å². The molecule has 13 heteroatoms. The second-order valence-corrected chi connectivity index (χ2v) is 12.4. The lowest BCUT2D eigenvalue weighted by Gasteiger charge is -2.27. The first-order valence-corrected chi connectivity index (χ1v) is 16.3. The van der Waals surface area contributed by atoms with Gasteiger partial charge in [0.15, 0.2) is 0 Å². The smallest absolute Gasteiger partial charge is 0.322 e. The summed E-state index contributed by atoms with van der Waals surface area (Å²) in [6, 6.07) is 7.66. The van der Waals surface area contributed by atoms with Crippen LogP contribution in [0.1, 0.15) is 63.9 Å². The summed E-state index contributed by atoms with van der Waals surface area (Å²) < 4.78 is 5.96.